The monoisotopic (exact) mass is 383 g/mol. The molecule has 0 unspecified atom stereocenters. The molecule has 0 aromatic carbocycles. The standard InChI is InChI=1S/C22H45N3O2/c1-2-3-4-5-6-7-8-9-10-11-12-13-14-15-16-18-21(26)27-20-17-19-22(23,24)25/h9-10H,2-8,11-20,23-25H2,1H3/b10-9-. The summed E-state index contributed by atoms with van der Waals surface area (Å²) in [6, 6.07) is 0. The van der Waals surface area contributed by atoms with Crippen molar-refractivity contribution in [3.05, 3.63) is 12.2 Å². The van der Waals surface area contributed by atoms with E-state index in [4.69, 9.17) is 21.9 Å². The van der Waals surface area contributed by atoms with E-state index < -0.39 is 5.79 Å². The summed E-state index contributed by atoms with van der Waals surface area (Å²) in [5, 5.41) is 0. The predicted octanol–water partition coefficient (Wildman–Crippen LogP) is 4.88. The molecule has 0 spiro atoms. The number of rotatable bonds is 19. The Morgan fingerprint density at radius 1 is 0.778 bits per heavy atom. The van der Waals surface area contributed by atoms with E-state index in [1.54, 1.807) is 0 Å². The molecule has 0 heterocycles. The molecule has 5 nitrogen and oxygen atoms in total. The van der Waals surface area contributed by atoms with Crippen molar-refractivity contribution in [2.24, 2.45) is 17.2 Å². The average molecular weight is 384 g/mol. The second-order valence-corrected chi connectivity index (χ2v) is 7.77. The van der Waals surface area contributed by atoms with Crippen molar-refractivity contribution < 1.29 is 9.53 Å². The van der Waals surface area contributed by atoms with E-state index in [0.717, 1.165) is 12.8 Å². The smallest absolute Gasteiger partial charge is 0.305 e. The Hall–Kier alpha value is -0.910. The van der Waals surface area contributed by atoms with Crippen molar-refractivity contribution in [3.63, 3.8) is 0 Å². The van der Waals surface area contributed by atoms with E-state index in [1.807, 2.05) is 0 Å². The molecule has 160 valence electrons. The van der Waals surface area contributed by atoms with Gasteiger partial charge in [-0.15, -0.1) is 0 Å². The van der Waals surface area contributed by atoms with E-state index in [-0.39, 0.29) is 5.97 Å². The van der Waals surface area contributed by atoms with Gasteiger partial charge >= 0.3 is 5.97 Å². The van der Waals surface area contributed by atoms with Gasteiger partial charge in [-0.2, -0.15) is 0 Å². The molecular weight excluding hydrogens is 338 g/mol. The molecule has 0 atom stereocenters. The number of esters is 1. The summed E-state index contributed by atoms with van der Waals surface area (Å²) in [4.78, 5) is 11.6. The SMILES string of the molecule is CCCCCCCC/C=C\CCCCCCCC(=O)OCCCC(N)(N)N. The molecule has 0 fully saturated rings. The molecule has 0 aromatic rings. The first kappa shape index (κ1) is 26.1. The van der Waals surface area contributed by atoms with E-state index >= 15 is 0 Å². The summed E-state index contributed by atoms with van der Waals surface area (Å²) in [6.45, 7) is 2.60. The van der Waals surface area contributed by atoms with E-state index in [2.05, 4.69) is 19.1 Å². The number of hydrogen-bond acceptors (Lipinski definition) is 5. The summed E-state index contributed by atoms with van der Waals surface area (Å²) in [5.74, 6) is -1.31. The number of nitrogens with two attached hydrogens (primary N) is 3. The van der Waals surface area contributed by atoms with Crippen LogP contribution in [-0.4, -0.2) is 18.4 Å². The first-order valence-corrected chi connectivity index (χ1v) is 11.1. The van der Waals surface area contributed by atoms with Crippen molar-refractivity contribution in [2.45, 2.75) is 115 Å². The molecule has 0 aliphatic heterocycles. The zero-order chi connectivity index (χ0) is 20.2. The fourth-order valence-corrected chi connectivity index (χ4v) is 2.98. The normalized spacial score (nSPS) is 12.0. The van der Waals surface area contributed by atoms with Crippen molar-refractivity contribution >= 4 is 5.97 Å². The quantitative estimate of drug-likeness (QED) is 0.128. The summed E-state index contributed by atoms with van der Waals surface area (Å²) in [6.07, 6.45) is 22.5. The molecule has 5 heteroatoms. The largest absolute Gasteiger partial charge is 0.466 e. The van der Waals surface area contributed by atoms with Crippen LogP contribution in [0.1, 0.15) is 110 Å². The Kier molecular flexibility index (Phi) is 17.8. The number of carbonyl (C=O) groups is 1. The maximum absolute atomic E-state index is 11.6. The van der Waals surface area contributed by atoms with Gasteiger partial charge in [-0.05, 0) is 44.9 Å². The summed E-state index contributed by atoms with van der Waals surface area (Å²) in [7, 11) is 0. The van der Waals surface area contributed by atoms with E-state index in [0.29, 0.717) is 25.9 Å². The molecule has 0 saturated heterocycles. The van der Waals surface area contributed by atoms with Gasteiger partial charge in [0.15, 0.2) is 0 Å². The number of ether oxygens (including phenoxy) is 1. The molecule has 0 aliphatic carbocycles. The molecule has 0 aromatic heterocycles. The first-order valence-electron chi connectivity index (χ1n) is 11.1. The third-order valence-corrected chi connectivity index (χ3v) is 4.66. The number of unbranched alkanes of at least 4 members (excludes halogenated alkanes) is 11. The highest BCUT2D eigenvalue weighted by atomic mass is 16.5. The zero-order valence-corrected chi connectivity index (χ0v) is 17.7. The Bertz CT molecular complexity index is 365. The zero-order valence-electron chi connectivity index (χ0n) is 17.7. The van der Waals surface area contributed by atoms with Crippen LogP contribution in [-0.2, 0) is 9.53 Å². The predicted molar refractivity (Wildman–Crippen MR) is 115 cm³/mol. The Balaban J connectivity index is 3.26. The van der Waals surface area contributed by atoms with Crippen molar-refractivity contribution in [1.82, 2.24) is 0 Å². The highest BCUT2D eigenvalue weighted by Gasteiger charge is 2.11. The van der Waals surface area contributed by atoms with Crippen LogP contribution in [0.25, 0.3) is 0 Å². The van der Waals surface area contributed by atoms with Crippen molar-refractivity contribution in [1.29, 1.82) is 0 Å². The number of hydrogen-bond donors (Lipinski definition) is 3. The van der Waals surface area contributed by atoms with Gasteiger partial charge < -0.3 is 21.9 Å². The van der Waals surface area contributed by atoms with Crippen LogP contribution in [0.2, 0.25) is 0 Å². The lowest BCUT2D eigenvalue weighted by atomic mass is 10.1. The Morgan fingerprint density at radius 2 is 1.30 bits per heavy atom. The van der Waals surface area contributed by atoms with Crippen LogP contribution >= 0.6 is 0 Å². The van der Waals surface area contributed by atoms with Gasteiger partial charge in [0.05, 0.1) is 6.61 Å². The molecule has 27 heavy (non-hydrogen) atoms. The lowest BCUT2D eigenvalue weighted by Crippen LogP contribution is -2.57. The van der Waals surface area contributed by atoms with Crippen LogP contribution in [0.5, 0.6) is 0 Å². The van der Waals surface area contributed by atoms with Gasteiger partial charge in [-0.25, -0.2) is 0 Å². The van der Waals surface area contributed by atoms with Gasteiger partial charge in [0.2, 0.25) is 0 Å². The Morgan fingerprint density at radius 3 is 1.85 bits per heavy atom. The van der Waals surface area contributed by atoms with Gasteiger partial charge in [0, 0.05) is 6.42 Å². The van der Waals surface area contributed by atoms with Crippen molar-refractivity contribution in [2.75, 3.05) is 6.61 Å². The molecule has 0 radical (unpaired) electrons. The number of allylic oxidation sites excluding steroid dienone is 2. The summed E-state index contributed by atoms with van der Waals surface area (Å²) >= 11 is 0. The molecule has 0 amide bonds. The lowest BCUT2D eigenvalue weighted by molar-refractivity contribution is -0.144. The van der Waals surface area contributed by atoms with Crippen LogP contribution in [0.15, 0.2) is 12.2 Å². The number of carbonyl (C=O) groups excluding carboxylic acids is 1. The first-order chi connectivity index (χ1) is 13.0. The van der Waals surface area contributed by atoms with Gasteiger partial charge in [-0.1, -0.05) is 70.4 Å². The molecule has 0 rings (SSSR count). The maximum atomic E-state index is 11.6. The highest BCUT2D eigenvalue weighted by Crippen LogP contribution is 2.10. The second-order valence-electron chi connectivity index (χ2n) is 7.77. The third kappa shape index (κ3) is 23.1. The molecule has 6 N–H and O–H groups in total. The van der Waals surface area contributed by atoms with Crippen molar-refractivity contribution in [3.8, 4) is 0 Å². The van der Waals surface area contributed by atoms with Gasteiger partial charge in [0.25, 0.3) is 0 Å². The molecule has 0 aliphatic rings. The van der Waals surface area contributed by atoms with Crippen LogP contribution < -0.4 is 17.2 Å². The minimum Gasteiger partial charge on any atom is -0.466 e. The molecule has 0 bridgehead atoms. The van der Waals surface area contributed by atoms with Crippen LogP contribution in [0.3, 0.4) is 0 Å². The second kappa shape index (κ2) is 18.5. The van der Waals surface area contributed by atoms with Gasteiger partial charge in [-0.3, -0.25) is 4.79 Å². The van der Waals surface area contributed by atoms with E-state index in [9.17, 15) is 4.79 Å². The Labute approximate surface area is 167 Å². The van der Waals surface area contributed by atoms with E-state index in [1.165, 1.54) is 70.6 Å². The lowest BCUT2D eigenvalue weighted by Gasteiger charge is -2.17. The minimum absolute atomic E-state index is 0.135. The van der Waals surface area contributed by atoms with Crippen LogP contribution in [0.4, 0.5) is 0 Å². The summed E-state index contributed by atoms with van der Waals surface area (Å²) in [5.41, 5.74) is 16.4. The average Bonchev–Trinajstić information content (AvgIpc) is 2.61. The highest BCUT2D eigenvalue weighted by molar-refractivity contribution is 5.69. The van der Waals surface area contributed by atoms with Crippen LogP contribution in [0, 0.1) is 0 Å². The molecule has 0 saturated carbocycles. The summed E-state index contributed by atoms with van der Waals surface area (Å²) < 4.78 is 5.14. The fourth-order valence-electron chi connectivity index (χ4n) is 2.98. The molecular formula is C22H45N3O2. The third-order valence-electron chi connectivity index (χ3n) is 4.66. The topological polar surface area (TPSA) is 104 Å². The minimum atomic E-state index is -1.17. The fraction of sp³-hybridized carbons (Fsp3) is 0.864. The van der Waals surface area contributed by atoms with Gasteiger partial charge in [0.1, 0.15) is 5.79 Å². The maximum Gasteiger partial charge on any atom is 0.305 e.